The lowest BCUT2D eigenvalue weighted by atomic mass is 9.73. The molecular formula is C28H21F4N5O2. The molecule has 7 nitrogen and oxygen atoms in total. The molecule has 1 fully saturated rings. The Morgan fingerprint density at radius 1 is 1.00 bits per heavy atom. The Bertz CT molecular complexity index is 1590. The van der Waals surface area contributed by atoms with Gasteiger partial charge in [-0.2, -0.15) is 18.3 Å². The van der Waals surface area contributed by atoms with E-state index in [0.29, 0.717) is 43.3 Å². The molecule has 4 heterocycles. The summed E-state index contributed by atoms with van der Waals surface area (Å²) in [6.07, 6.45) is -0.913. The number of aromatic nitrogens is 3. The number of hydrogen-bond acceptors (Lipinski definition) is 4. The second-order valence-electron chi connectivity index (χ2n) is 9.60. The number of carbonyl (C=O) groups excluding carboxylic acids is 2. The number of anilines is 1. The van der Waals surface area contributed by atoms with Crippen molar-refractivity contribution in [1.82, 2.24) is 19.7 Å². The van der Waals surface area contributed by atoms with Crippen LogP contribution in [-0.2, 0) is 16.4 Å². The highest BCUT2D eigenvalue weighted by Crippen LogP contribution is 2.45. The van der Waals surface area contributed by atoms with Crippen molar-refractivity contribution >= 4 is 17.5 Å². The standard InChI is InChI=1S/C28H21F4N5O2/c29-21-14-18(7-8-19(21)28(30,31)32)37-24(17-4-3-11-33-16-17)15-23(35-37)25(38)36-12-9-27(10-13-36)20-5-1-2-6-22(20)34-26(27)39/h1-8,11,14-16H,9-10,12-13H2,(H,34,39). The Hall–Kier alpha value is -4.54. The maximum Gasteiger partial charge on any atom is 0.419 e. The van der Waals surface area contributed by atoms with Gasteiger partial charge in [0.25, 0.3) is 5.91 Å². The lowest BCUT2D eigenvalue weighted by Crippen LogP contribution is -2.48. The third kappa shape index (κ3) is 4.14. The predicted molar refractivity (Wildman–Crippen MR) is 134 cm³/mol. The summed E-state index contributed by atoms with van der Waals surface area (Å²) >= 11 is 0. The summed E-state index contributed by atoms with van der Waals surface area (Å²) in [5, 5.41) is 7.31. The maximum absolute atomic E-state index is 14.4. The summed E-state index contributed by atoms with van der Waals surface area (Å²) in [7, 11) is 0. The average molecular weight is 536 g/mol. The van der Waals surface area contributed by atoms with Gasteiger partial charge in [-0.3, -0.25) is 14.6 Å². The summed E-state index contributed by atoms with van der Waals surface area (Å²) in [6, 6.07) is 14.9. The van der Waals surface area contributed by atoms with Crippen LogP contribution in [0.25, 0.3) is 16.9 Å². The van der Waals surface area contributed by atoms with E-state index < -0.39 is 28.9 Å². The first-order chi connectivity index (χ1) is 18.7. The molecule has 198 valence electrons. The van der Waals surface area contributed by atoms with E-state index in [0.717, 1.165) is 23.4 Å². The second kappa shape index (κ2) is 9.04. The van der Waals surface area contributed by atoms with Crippen LogP contribution in [0, 0.1) is 5.82 Å². The average Bonchev–Trinajstić information content (AvgIpc) is 3.49. The van der Waals surface area contributed by atoms with Crippen molar-refractivity contribution in [3.63, 3.8) is 0 Å². The number of para-hydroxylation sites is 1. The molecule has 2 aromatic carbocycles. The van der Waals surface area contributed by atoms with Crippen molar-refractivity contribution in [2.45, 2.75) is 24.4 Å². The largest absolute Gasteiger partial charge is 0.419 e. The molecule has 11 heteroatoms. The zero-order valence-electron chi connectivity index (χ0n) is 20.4. The highest BCUT2D eigenvalue weighted by molar-refractivity contribution is 6.06. The quantitative estimate of drug-likeness (QED) is 0.365. The van der Waals surface area contributed by atoms with Gasteiger partial charge in [-0.1, -0.05) is 18.2 Å². The molecule has 2 aliphatic rings. The molecule has 6 rings (SSSR count). The first-order valence-electron chi connectivity index (χ1n) is 12.3. The van der Waals surface area contributed by atoms with Crippen LogP contribution >= 0.6 is 0 Å². The second-order valence-corrected chi connectivity index (χ2v) is 9.60. The van der Waals surface area contributed by atoms with Gasteiger partial charge in [0.1, 0.15) is 5.82 Å². The number of likely N-dealkylation sites (tertiary alicyclic amines) is 1. The van der Waals surface area contributed by atoms with Gasteiger partial charge in [0, 0.05) is 42.8 Å². The minimum absolute atomic E-state index is 0.0234. The Balaban J connectivity index is 1.32. The Morgan fingerprint density at radius 3 is 2.46 bits per heavy atom. The number of piperidine rings is 1. The first-order valence-corrected chi connectivity index (χ1v) is 12.3. The summed E-state index contributed by atoms with van der Waals surface area (Å²) in [5.74, 6) is -1.92. The number of nitrogens with one attached hydrogen (secondary N) is 1. The van der Waals surface area contributed by atoms with Crippen LogP contribution < -0.4 is 5.32 Å². The van der Waals surface area contributed by atoms with E-state index in [-0.39, 0.29) is 17.3 Å². The summed E-state index contributed by atoms with van der Waals surface area (Å²) in [6.45, 7) is 0.620. The molecule has 0 aliphatic carbocycles. The summed E-state index contributed by atoms with van der Waals surface area (Å²) in [4.78, 5) is 32.1. The number of halogens is 4. The minimum atomic E-state index is -4.84. The zero-order chi connectivity index (χ0) is 27.4. The first kappa shape index (κ1) is 24.8. The van der Waals surface area contributed by atoms with Crippen molar-refractivity contribution in [3.05, 3.63) is 95.7 Å². The van der Waals surface area contributed by atoms with Crippen LogP contribution in [0.1, 0.15) is 34.5 Å². The molecule has 4 aromatic rings. The van der Waals surface area contributed by atoms with Gasteiger partial charge in [-0.15, -0.1) is 0 Å². The van der Waals surface area contributed by atoms with Crippen LogP contribution in [0.4, 0.5) is 23.2 Å². The molecule has 1 N–H and O–H groups in total. The molecule has 2 aromatic heterocycles. The lowest BCUT2D eigenvalue weighted by Gasteiger charge is -2.37. The van der Waals surface area contributed by atoms with Crippen LogP contribution in [0.3, 0.4) is 0 Å². The lowest BCUT2D eigenvalue weighted by molar-refractivity contribution is -0.140. The molecule has 0 atom stereocenters. The van der Waals surface area contributed by atoms with E-state index in [2.05, 4.69) is 15.4 Å². The van der Waals surface area contributed by atoms with Crippen LogP contribution in [-0.4, -0.2) is 44.6 Å². The van der Waals surface area contributed by atoms with Gasteiger partial charge in [-0.25, -0.2) is 9.07 Å². The van der Waals surface area contributed by atoms with Gasteiger partial charge in [0.2, 0.25) is 5.91 Å². The van der Waals surface area contributed by atoms with Gasteiger partial charge in [0.15, 0.2) is 5.69 Å². The van der Waals surface area contributed by atoms with Crippen LogP contribution in [0.15, 0.2) is 73.1 Å². The number of carbonyl (C=O) groups is 2. The van der Waals surface area contributed by atoms with Crippen molar-refractivity contribution < 1.29 is 27.2 Å². The van der Waals surface area contributed by atoms with Crippen molar-refractivity contribution in [1.29, 1.82) is 0 Å². The van der Waals surface area contributed by atoms with Crippen LogP contribution in [0.5, 0.6) is 0 Å². The molecule has 1 spiro atoms. The fourth-order valence-corrected chi connectivity index (χ4v) is 5.39. The third-order valence-corrected chi connectivity index (χ3v) is 7.42. The van der Waals surface area contributed by atoms with E-state index in [1.165, 1.54) is 16.9 Å². The molecule has 39 heavy (non-hydrogen) atoms. The van der Waals surface area contributed by atoms with E-state index in [1.54, 1.807) is 23.2 Å². The number of alkyl halides is 3. The SMILES string of the molecule is O=C(c1cc(-c2cccnc2)n(-c2ccc(C(F)(F)F)c(F)c2)n1)N1CCC2(CC1)C(=O)Nc1ccccc12. The molecule has 2 amide bonds. The number of amides is 2. The molecular weight excluding hydrogens is 514 g/mol. The predicted octanol–water partition coefficient (Wildman–Crippen LogP) is 5.22. The minimum Gasteiger partial charge on any atom is -0.337 e. The molecule has 1 saturated heterocycles. The number of pyridine rings is 1. The van der Waals surface area contributed by atoms with E-state index >= 15 is 0 Å². The van der Waals surface area contributed by atoms with E-state index in [1.807, 2.05) is 24.3 Å². The van der Waals surface area contributed by atoms with Crippen molar-refractivity contribution in [2.75, 3.05) is 18.4 Å². The van der Waals surface area contributed by atoms with E-state index in [4.69, 9.17) is 0 Å². The highest BCUT2D eigenvalue weighted by atomic mass is 19.4. The van der Waals surface area contributed by atoms with Crippen molar-refractivity contribution in [2.24, 2.45) is 0 Å². The Kier molecular flexibility index (Phi) is 5.74. The monoisotopic (exact) mass is 535 g/mol. The number of rotatable bonds is 3. The summed E-state index contributed by atoms with van der Waals surface area (Å²) < 4.78 is 55.0. The van der Waals surface area contributed by atoms with Gasteiger partial charge < -0.3 is 10.2 Å². The zero-order valence-corrected chi connectivity index (χ0v) is 20.4. The highest BCUT2D eigenvalue weighted by Gasteiger charge is 2.49. The topological polar surface area (TPSA) is 80.1 Å². The maximum atomic E-state index is 14.4. The number of nitrogens with zero attached hydrogens (tertiary/aromatic N) is 4. The van der Waals surface area contributed by atoms with Gasteiger partial charge in [-0.05, 0) is 54.8 Å². The molecule has 0 saturated carbocycles. The third-order valence-electron chi connectivity index (χ3n) is 7.42. The fraction of sp³-hybridized carbons (Fsp3) is 0.214. The van der Waals surface area contributed by atoms with Gasteiger partial charge >= 0.3 is 6.18 Å². The molecule has 2 aliphatic heterocycles. The van der Waals surface area contributed by atoms with Gasteiger partial charge in [0.05, 0.1) is 22.4 Å². The fourth-order valence-electron chi connectivity index (χ4n) is 5.39. The van der Waals surface area contributed by atoms with E-state index in [9.17, 15) is 27.2 Å². The molecule has 0 unspecified atom stereocenters. The Morgan fingerprint density at radius 2 is 1.77 bits per heavy atom. The van der Waals surface area contributed by atoms with Crippen molar-refractivity contribution in [3.8, 4) is 16.9 Å². The normalized spacial score (nSPS) is 16.3. The number of benzene rings is 2. The number of hydrogen-bond donors (Lipinski definition) is 1. The number of fused-ring (bicyclic) bond motifs is 2. The molecule has 0 bridgehead atoms. The summed E-state index contributed by atoms with van der Waals surface area (Å²) in [5.41, 5.74) is 0.588. The Labute approximate surface area is 220 Å². The smallest absolute Gasteiger partial charge is 0.337 e. The van der Waals surface area contributed by atoms with Crippen LogP contribution in [0.2, 0.25) is 0 Å². The molecule has 0 radical (unpaired) electrons.